The third-order valence-corrected chi connectivity index (χ3v) is 5.23. The van der Waals surface area contributed by atoms with E-state index in [0.717, 1.165) is 18.4 Å². The predicted molar refractivity (Wildman–Crippen MR) is 80.3 cm³/mol. The fourth-order valence-corrected chi connectivity index (χ4v) is 3.72. The van der Waals surface area contributed by atoms with E-state index in [1.807, 2.05) is 0 Å². The van der Waals surface area contributed by atoms with Crippen LogP contribution in [-0.2, 0) is 9.47 Å². The summed E-state index contributed by atoms with van der Waals surface area (Å²) in [7, 11) is 3.31. The average Bonchev–Trinajstić information content (AvgIpc) is 2.38. The Hall–Kier alpha value is -0.640. The monoisotopic (exact) mass is 280 g/mol. The molecule has 2 aliphatic carbocycles. The molecule has 20 heavy (non-hydrogen) atoms. The predicted octanol–water partition coefficient (Wildman–Crippen LogP) is 3.30. The van der Waals surface area contributed by atoms with E-state index >= 15 is 0 Å². The molecule has 2 aliphatic rings. The smallest absolute Gasteiger partial charge is 0.182 e. The highest BCUT2D eigenvalue weighted by Gasteiger charge is 2.49. The lowest BCUT2D eigenvalue weighted by Crippen LogP contribution is -2.48. The van der Waals surface area contributed by atoms with Gasteiger partial charge in [-0.1, -0.05) is 45.4 Å². The van der Waals surface area contributed by atoms with E-state index in [-0.39, 0.29) is 23.2 Å². The van der Waals surface area contributed by atoms with E-state index in [9.17, 15) is 5.11 Å². The highest BCUT2D eigenvalue weighted by Crippen LogP contribution is 2.55. The molecule has 3 heteroatoms. The quantitative estimate of drug-likeness (QED) is 0.806. The van der Waals surface area contributed by atoms with Crippen molar-refractivity contribution in [3.8, 4) is 0 Å². The van der Waals surface area contributed by atoms with Crippen molar-refractivity contribution in [2.45, 2.75) is 52.9 Å². The van der Waals surface area contributed by atoms with E-state index in [2.05, 4.69) is 39.8 Å². The Morgan fingerprint density at radius 2 is 1.80 bits per heavy atom. The lowest BCUT2D eigenvalue weighted by molar-refractivity contribution is -0.0743. The second-order valence-corrected chi connectivity index (χ2v) is 7.33. The fourth-order valence-electron chi connectivity index (χ4n) is 3.72. The molecule has 1 N–H and O–H groups in total. The zero-order chi connectivity index (χ0) is 15.1. The van der Waals surface area contributed by atoms with Crippen LogP contribution >= 0.6 is 0 Å². The molecule has 1 fully saturated rings. The number of aliphatic hydroxyl groups is 1. The van der Waals surface area contributed by atoms with Gasteiger partial charge in [-0.15, -0.1) is 0 Å². The van der Waals surface area contributed by atoms with E-state index < -0.39 is 0 Å². The molecule has 0 bridgehead atoms. The molecule has 1 saturated carbocycles. The molecule has 2 rings (SSSR count). The number of allylic oxidation sites excluding steroid dienone is 1. The van der Waals surface area contributed by atoms with Gasteiger partial charge in [0, 0.05) is 25.2 Å². The van der Waals surface area contributed by atoms with Crippen LogP contribution in [0.5, 0.6) is 0 Å². The lowest BCUT2D eigenvalue weighted by Gasteiger charge is -2.52. The molecule has 0 saturated heterocycles. The van der Waals surface area contributed by atoms with Crippen LogP contribution in [0.25, 0.3) is 0 Å². The summed E-state index contributed by atoms with van der Waals surface area (Å²) in [5.41, 5.74) is 2.33. The van der Waals surface area contributed by atoms with Crippen LogP contribution in [0.3, 0.4) is 0 Å². The van der Waals surface area contributed by atoms with Gasteiger partial charge in [-0.25, -0.2) is 0 Å². The van der Waals surface area contributed by atoms with Gasteiger partial charge in [-0.2, -0.15) is 0 Å². The van der Waals surface area contributed by atoms with Crippen LogP contribution in [0, 0.1) is 16.7 Å². The van der Waals surface area contributed by atoms with Crippen LogP contribution in [0.1, 0.15) is 40.5 Å². The summed E-state index contributed by atoms with van der Waals surface area (Å²) in [4.78, 5) is 0. The van der Waals surface area contributed by atoms with Gasteiger partial charge in [0.25, 0.3) is 0 Å². The number of rotatable bonds is 3. The van der Waals surface area contributed by atoms with Gasteiger partial charge in [0.1, 0.15) is 0 Å². The van der Waals surface area contributed by atoms with Crippen LogP contribution < -0.4 is 0 Å². The minimum atomic E-state index is -0.318. The highest BCUT2D eigenvalue weighted by molar-refractivity contribution is 5.38. The van der Waals surface area contributed by atoms with E-state index in [0.29, 0.717) is 5.92 Å². The second-order valence-electron chi connectivity index (χ2n) is 7.33. The molecular formula is C17H28O3. The maximum Gasteiger partial charge on any atom is 0.182 e. The van der Waals surface area contributed by atoms with Crippen molar-refractivity contribution in [1.29, 1.82) is 0 Å². The molecule has 0 aromatic carbocycles. The zero-order valence-corrected chi connectivity index (χ0v) is 13.6. The maximum atomic E-state index is 10.5. The Bertz CT molecular complexity index is 428. The summed E-state index contributed by atoms with van der Waals surface area (Å²) < 4.78 is 10.7. The van der Waals surface area contributed by atoms with Crippen LogP contribution in [-0.4, -0.2) is 31.7 Å². The number of aliphatic hydroxyl groups excluding tert-OH is 1. The standard InChI is InChI=1S/C17H28O3/c1-16(2)10-14(18)17(3,4)13-9-11(7-8-12(13)16)15(19-5)20-6/h7,9,12,14-15,18H,8,10H2,1-6H3. The number of ether oxygens (including phenoxy) is 2. The molecule has 3 nitrogen and oxygen atoms in total. The number of hydrogen-bond donors (Lipinski definition) is 1. The first kappa shape index (κ1) is 15.7. The Kier molecular flexibility index (Phi) is 4.16. The molecule has 2 atom stereocenters. The molecule has 0 amide bonds. The Morgan fingerprint density at radius 3 is 2.35 bits per heavy atom. The van der Waals surface area contributed by atoms with E-state index in [1.54, 1.807) is 14.2 Å². The van der Waals surface area contributed by atoms with Gasteiger partial charge in [-0.3, -0.25) is 0 Å². The Morgan fingerprint density at radius 1 is 1.20 bits per heavy atom. The minimum absolute atomic E-state index is 0.123. The summed E-state index contributed by atoms with van der Waals surface area (Å²) in [6.07, 6.45) is 5.64. The summed E-state index contributed by atoms with van der Waals surface area (Å²) >= 11 is 0. The van der Waals surface area contributed by atoms with Gasteiger partial charge >= 0.3 is 0 Å². The van der Waals surface area contributed by atoms with Crippen LogP contribution in [0.15, 0.2) is 23.3 Å². The third kappa shape index (κ3) is 2.47. The number of fused-ring (bicyclic) bond motifs is 1. The fraction of sp³-hybridized carbons (Fsp3) is 0.765. The minimum Gasteiger partial charge on any atom is -0.392 e. The highest BCUT2D eigenvalue weighted by atomic mass is 16.7. The van der Waals surface area contributed by atoms with Crippen molar-refractivity contribution in [1.82, 2.24) is 0 Å². The number of methoxy groups -OCH3 is 2. The average molecular weight is 280 g/mol. The van der Waals surface area contributed by atoms with Crippen molar-refractivity contribution < 1.29 is 14.6 Å². The van der Waals surface area contributed by atoms with Gasteiger partial charge in [0.15, 0.2) is 6.29 Å². The van der Waals surface area contributed by atoms with E-state index in [4.69, 9.17) is 9.47 Å². The molecule has 0 aromatic rings. The first-order chi connectivity index (χ1) is 9.24. The Balaban J connectivity index is 2.41. The third-order valence-electron chi connectivity index (χ3n) is 5.23. The van der Waals surface area contributed by atoms with Crippen molar-refractivity contribution in [2.75, 3.05) is 14.2 Å². The van der Waals surface area contributed by atoms with Crippen LogP contribution in [0.4, 0.5) is 0 Å². The van der Waals surface area contributed by atoms with Gasteiger partial charge < -0.3 is 14.6 Å². The molecule has 114 valence electrons. The first-order valence-electron chi connectivity index (χ1n) is 7.40. The molecule has 0 radical (unpaired) electrons. The first-order valence-corrected chi connectivity index (χ1v) is 7.40. The van der Waals surface area contributed by atoms with Crippen molar-refractivity contribution in [3.63, 3.8) is 0 Å². The molecular weight excluding hydrogens is 252 g/mol. The molecule has 0 spiro atoms. The normalized spacial score (nSPS) is 31.6. The molecule has 0 aromatic heterocycles. The van der Waals surface area contributed by atoms with Crippen LogP contribution in [0.2, 0.25) is 0 Å². The summed E-state index contributed by atoms with van der Waals surface area (Å²) in [5.74, 6) is 0.485. The lowest BCUT2D eigenvalue weighted by atomic mass is 9.54. The largest absolute Gasteiger partial charge is 0.392 e. The van der Waals surface area contributed by atoms with Gasteiger partial charge in [-0.05, 0) is 24.2 Å². The summed E-state index contributed by atoms with van der Waals surface area (Å²) in [5, 5.41) is 10.5. The summed E-state index contributed by atoms with van der Waals surface area (Å²) in [6.45, 7) is 8.80. The molecule has 2 unspecified atom stereocenters. The van der Waals surface area contributed by atoms with E-state index in [1.165, 1.54) is 5.57 Å². The van der Waals surface area contributed by atoms with Crippen molar-refractivity contribution in [2.24, 2.45) is 16.7 Å². The van der Waals surface area contributed by atoms with Crippen molar-refractivity contribution in [3.05, 3.63) is 23.3 Å². The zero-order valence-electron chi connectivity index (χ0n) is 13.6. The Labute approximate surface area is 122 Å². The summed E-state index contributed by atoms with van der Waals surface area (Å²) in [6, 6.07) is 0. The number of hydrogen-bond acceptors (Lipinski definition) is 3. The SMILES string of the molecule is COC(OC)C1=CCC2C(=C1)C(C)(C)C(O)CC2(C)C. The molecule has 0 aliphatic heterocycles. The van der Waals surface area contributed by atoms with Crippen molar-refractivity contribution >= 4 is 0 Å². The second kappa shape index (κ2) is 5.28. The van der Waals surface area contributed by atoms with Gasteiger partial charge in [0.2, 0.25) is 0 Å². The van der Waals surface area contributed by atoms with Gasteiger partial charge in [0.05, 0.1) is 6.10 Å². The maximum absolute atomic E-state index is 10.5. The molecule has 0 heterocycles. The topological polar surface area (TPSA) is 38.7 Å².